The lowest BCUT2D eigenvalue weighted by atomic mass is 10.0. The normalized spacial score (nSPS) is 11.5. The van der Waals surface area contributed by atoms with Gasteiger partial charge in [0.25, 0.3) is 0 Å². The first-order chi connectivity index (χ1) is 9.26. The van der Waals surface area contributed by atoms with Crippen molar-refractivity contribution < 1.29 is 0 Å². The number of benzene rings is 1. The third-order valence-electron chi connectivity index (χ3n) is 2.48. The molecule has 0 heterocycles. The molecule has 106 valence electrons. The Bertz CT molecular complexity index is 488. The molecule has 0 amide bonds. The van der Waals surface area contributed by atoms with Crippen LogP contribution in [0.5, 0.6) is 0 Å². The van der Waals surface area contributed by atoms with Crippen molar-refractivity contribution in [3.8, 4) is 0 Å². The summed E-state index contributed by atoms with van der Waals surface area (Å²) < 4.78 is 0. The fourth-order valence-electron chi connectivity index (χ4n) is 1.67. The molecule has 19 heavy (non-hydrogen) atoms. The molecule has 0 aliphatic carbocycles. The summed E-state index contributed by atoms with van der Waals surface area (Å²) in [5, 5.41) is 2.54. The van der Waals surface area contributed by atoms with Crippen LogP contribution in [0.15, 0.2) is 24.8 Å². The minimum absolute atomic E-state index is 1.19. The SMILES string of the molecule is C=Cc1cc(=C/C)/c(=C\C)cc1/C=C/C.CC.CC. The summed E-state index contributed by atoms with van der Waals surface area (Å²) >= 11 is 0. The Balaban J connectivity index is 0. The van der Waals surface area contributed by atoms with Crippen LogP contribution in [0.4, 0.5) is 0 Å². The monoisotopic (exact) mass is 258 g/mol. The van der Waals surface area contributed by atoms with Gasteiger partial charge >= 0.3 is 0 Å². The first kappa shape index (κ1) is 19.8. The van der Waals surface area contributed by atoms with Gasteiger partial charge in [-0.3, -0.25) is 0 Å². The molecule has 0 atom stereocenters. The van der Waals surface area contributed by atoms with Gasteiger partial charge in [0.05, 0.1) is 0 Å². The van der Waals surface area contributed by atoms with Gasteiger partial charge in [-0.15, -0.1) is 0 Å². The smallest absolute Gasteiger partial charge is 0.0181 e. The third kappa shape index (κ3) is 6.24. The van der Waals surface area contributed by atoms with Gasteiger partial charge < -0.3 is 0 Å². The van der Waals surface area contributed by atoms with E-state index in [4.69, 9.17) is 0 Å². The second kappa shape index (κ2) is 12.9. The Morgan fingerprint density at radius 1 is 0.789 bits per heavy atom. The van der Waals surface area contributed by atoms with Crippen molar-refractivity contribution in [2.45, 2.75) is 48.5 Å². The van der Waals surface area contributed by atoms with Gasteiger partial charge in [-0.05, 0) is 54.5 Å². The summed E-state index contributed by atoms with van der Waals surface area (Å²) in [6.45, 7) is 18.0. The first-order valence-electron chi connectivity index (χ1n) is 7.28. The van der Waals surface area contributed by atoms with Crippen molar-refractivity contribution in [2.75, 3.05) is 0 Å². The maximum Gasteiger partial charge on any atom is -0.0181 e. The Morgan fingerprint density at radius 3 is 1.53 bits per heavy atom. The average molecular weight is 258 g/mol. The summed E-state index contributed by atoms with van der Waals surface area (Å²) in [6.07, 6.45) is 10.3. The van der Waals surface area contributed by atoms with Crippen LogP contribution in [0.2, 0.25) is 0 Å². The topological polar surface area (TPSA) is 0 Å². The molecule has 0 aliphatic rings. The van der Waals surface area contributed by atoms with E-state index in [0.29, 0.717) is 0 Å². The first-order valence-corrected chi connectivity index (χ1v) is 7.28. The van der Waals surface area contributed by atoms with Crippen LogP contribution in [0, 0.1) is 0 Å². The van der Waals surface area contributed by atoms with Gasteiger partial charge in [-0.1, -0.05) is 64.7 Å². The molecule has 0 nitrogen and oxygen atoms in total. The molecule has 0 fully saturated rings. The predicted molar refractivity (Wildman–Crippen MR) is 93.5 cm³/mol. The van der Waals surface area contributed by atoms with Gasteiger partial charge in [0.15, 0.2) is 0 Å². The standard InChI is InChI=1S/C15H18.2C2H6/c1-5-9-15-11-13(7-3)12(6-2)10-14(15)8-4;2*1-2/h5-11H,4H2,1-3H3;2*1-2H3/b9-5+,12-6-,13-7-;;. The highest BCUT2D eigenvalue weighted by atomic mass is 14.0. The zero-order valence-electron chi connectivity index (χ0n) is 13.7. The molecular weight excluding hydrogens is 228 g/mol. The highest BCUT2D eigenvalue weighted by Crippen LogP contribution is 2.07. The van der Waals surface area contributed by atoms with Crippen molar-refractivity contribution in [3.63, 3.8) is 0 Å². The number of allylic oxidation sites excluding steroid dienone is 1. The summed E-state index contributed by atoms with van der Waals surface area (Å²) in [4.78, 5) is 0. The predicted octanol–water partition coefficient (Wildman–Crippen LogP) is 5.02. The molecule has 1 rings (SSSR count). The van der Waals surface area contributed by atoms with Crippen molar-refractivity contribution in [2.24, 2.45) is 0 Å². The van der Waals surface area contributed by atoms with Crippen molar-refractivity contribution in [3.05, 3.63) is 46.4 Å². The minimum atomic E-state index is 1.19. The van der Waals surface area contributed by atoms with E-state index in [9.17, 15) is 0 Å². The van der Waals surface area contributed by atoms with Gasteiger partial charge in [0.2, 0.25) is 0 Å². The van der Waals surface area contributed by atoms with E-state index in [1.165, 1.54) is 21.6 Å². The highest BCUT2D eigenvalue weighted by Gasteiger charge is 1.95. The van der Waals surface area contributed by atoms with Gasteiger partial charge in [0.1, 0.15) is 0 Å². The van der Waals surface area contributed by atoms with Crippen LogP contribution >= 0.6 is 0 Å². The summed E-state index contributed by atoms with van der Waals surface area (Å²) in [7, 11) is 0. The molecule has 0 unspecified atom stereocenters. The lowest BCUT2D eigenvalue weighted by Gasteiger charge is -2.01. The maximum absolute atomic E-state index is 3.85. The van der Waals surface area contributed by atoms with Gasteiger partial charge in [-0.25, -0.2) is 0 Å². The van der Waals surface area contributed by atoms with Gasteiger partial charge in [0, 0.05) is 0 Å². The summed E-state index contributed by atoms with van der Waals surface area (Å²) in [5.41, 5.74) is 2.41. The highest BCUT2D eigenvalue weighted by molar-refractivity contribution is 5.65. The van der Waals surface area contributed by atoms with Crippen molar-refractivity contribution in [1.29, 1.82) is 0 Å². The third-order valence-corrected chi connectivity index (χ3v) is 2.48. The molecule has 0 aromatic heterocycles. The number of hydrogen-bond donors (Lipinski definition) is 0. The summed E-state index contributed by atoms with van der Waals surface area (Å²) in [5.74, 6) is 0. The van der Waals surface area contributed by atoms with E-state index >= 15 is 0 Å². The largest absolute Gasteiger partial charge is 0.0984 e. The zero-order chi connectivity index (χ0) is 15.3. The molecule has 0 saturated carbocycles. The van der Waals surface area contributed by atoms with Crippen LogP contribution in [-0.2, 0) is 0 Å². The molecule has 0 spiro atoms. The van der Waals surface area contributed by atoms with Crippen LogP contribution < -0.4 is 10.4 Å². The van der Waals surface area contributed by atoms with Crippen LogP contribution in [-0.4, -0.2) is 0 Å². The average Bonchev–Trinajstić information content (AvgIpc) is 2.51. The number of rotatable bonds is 2. The zero-order valence-corrected chi connectivity index (χ0v) is 13.7. The molecular formula is C19H30. The quantitative estimate of drug-likeness (QED) is 0.699. The lowest BCUT2D eigenvalue weighted by Crippen LogP contribution is -2.24. The molecule has 0 saturated heterocycles. The molecule has 0 bridgehead atoms. The second-order valence-corrected chi connectivity index (χ2v) is 3.39. The molecule has 0 radical (unpaired) electrons. The maximum atomic E-state index is 3.85. The fourth-order valence-corrected chi connectivity index (χ4v) is 1.67. The minimum Gasteiger partial charge on any atom is -0.0984 e. The van der Waals surface area contributed by atoms with Crippen LogP contribution in [0.1, 0.15) is 59.6 Å². The molecule has 1 aromatic rings. The van der Waals surface area contributed by atoms with Gasteiger partial charge in [-0.2, -0.15) is 0 Å². The summed E-state index contributed by atoms with van der Waals surface area (Å²) in [6, 6.07) is 4.38. The van der Waals surface area contributed by atoms with E-state index in [-0.39, 0.29) is 0 Å². The van der Waals surface area contributed by atoms with E-state index < -0.39 is 0 Å². The second-order valence-electron chi connectivity index (χ2n) is 3.39. The van der Waals surface area contributed by atoms with E-state index in [1.54, 1.807) is 0 Å². The molecule has 1 aromatic carbocycles. The Labute approximate surface area is 119 Å². The van der Waals surface area contributed by atoms with Crippen molar-refractivity contribution in [1.82, 2.24) is 0 Å². The Hall–Kier alpha value is -1.56. The molecule has 0 heteroatoms. The van der Waals surface area contributed by atoms with E-state index in [0.717, 1.165) is 0 Å². The lowest BCUT2D eigenvalue weighted by molar-refractivity contribution is 1.45. The fraction of sp³-hybridized carbons (Fsp3) is 0.368. The Kier molecular flexibility index (Phi) is 13.4. The molecule has 0 N–H and O–H groups in total. The van der Waals surface area contributed by atoms with Crippen LogP contribution in [0.3, 0.4) is 0 Å². The van der Waals surface area contributed by atoms with Crippen molar-refractivity contribution >= 4 is 24.3 Å². The molecule has 0 aliphatic heterocycles. The number of hydrogen-bond acceptors (Lipinski definition) is 0. The van der Waals surface area contributed by atoms with E-state index in [2.05, 4.69) is 56.9 Å². The van der Waals surface area contributed by atoms with E-state index in [1.807, 2.05) is 40.7 Å². The van der Waals surface area contributed by atoms with Crippen LogP contribution in [0.25, 0.3) is 24.3 Å². The Morgan fingerprint density at radius 2 is 1.21 bits per heavy atom.